The summed E-state index contributed by atoms with van der Waals surface area (Å²) in [6.07, 6.45) is 2.85. The summed E-state index contributed by atoms with van der Waals surface area (Å²) in [6, 6.07) is 11.1. The number of hydrogen-bond donors (Lipinski definition) is 1. The number of rotatable bonds is 4. The molecule has 0 saturated carbocycles. The topological polar surface area (TPSA) is 28.2 Å². The second kappa shape index (κ2) is 6.63. The van der Waals surface area contributed by atoms with E-state index < -0.39 is 0 Å². The Morgan fingerprint density at radius 3 is 2.95 bits per heavy atom. The third-order valence-electron chi connectivity index (χ3n) is 4.27. The number of anilines is 1. The van der Waals surface area contributed by atoms with Crippen molar-refractivity contribution in [1.82, 2.24) is 9.88 Å². The number of nitrogens with zero attached hydrogens (tertiary/aromatic N) is 2. The van der Waals surface area contributed by atoms with Crippen LogP contribution in [0, 0.1) is 11.7 Å². The van der Waals surface area contributed by atoms with Crippen LogP contribution in [0.2, 0.25) is 5.02 Å². The zero-order valence-electron chi connectivity index (χ0n) is 12.5. The van der Waals surface area contributed by atoms with Crippen LogP contribution in [0.3, 0.4) is 0 Å². The fourth-order valence-corrected chi connectivity index (χ4v) is 3.28. The number of halogens is 2. The zero-order chi connectivity index (χ0) is 15.5. The molecule has 3 rings (SSSR count). The lowest BCUT2D eigenvalue weighted by atomic mass is 9.93. The first-order chi connectivity index (χ1) is 10.6. The molecule has 2 atom stereocenters. The molecule has 0 bridgehead atoms. The number of nitrogens with one attached hydrogen (secondary N) is 1. The highest BCUT2D eigenvalue weighted by Gasteiger charge is 2.33. The molecule has 5 heteroatoms. The largest absolute Gasteiger partial charge is 0.370 e. The Bertz CT molecular complexity index is 635. The van der Waals surface area contributed by atoms with Crippen LogP contribution < -0.4 is 5.32 Å². The number of pyridine rings is 1. The summed E-state index contributed by atoms with van der Waals surface area (Å²) in [4.78, 5) is 6.55. The number of benzene rings is 1. The van der Waals surface area contributed by atoms with E-state index in [2.05, 4.69) is 22.2 Å². The van der Waals surface area contributed by atoms with E-state index >= 15 is 0 Å². The highest BCUT2D eigenvalue weighted by Crippen LogP contribution is 2.37. The minimum atomic E-state index is -0.351. The van der Waals surface area contributed by atoms with Crippen molar-refractivity contribution in [2.45, 2.75) is 12.5 Å². The van der Waals surface area contributed by atoms with Gasteiger partial charge in [0.25, 0.3) is 0 Å². The summed E-state index contributed by atoms with van der Waals surface area (Å²) < 4.78 is 13.8. The van der Waals surface area contributed by atoms with E-state index in [0.717, 1.165) is 30.9 Å². The molecular formula is C17H19ClFN3. The highest BCUT2D eigenvalue weighted by atomic mass is 35.5. The fraction of sp³-hybridized carbons (Fsp3) is 0.353. The Balaban J connectivity index is 1.74. The minimum Gasteiger partial charge on any atom is -0.370 e. The van der Waals surface area contributed by atoms with Crippen LogP contribution in [0.15, 0.2) is 42.6 Å². The van der Waals surface area contributed by atoms with Crippen molar-refractivity contribution in [3.63, 3.8) is 0 Å². The van der Waals surface area contributed by atoms with Gasteiger partial charge in [-0.25, -0.2) is 9.37 Å². The number of hydrogen-bond acceptors (Lipinski definition) is 3. The molecule has 2 heterocycles. The summed E-state index contributed by atoms with van der Waals surface area (Å²) in [7, 11) is 2.08. The van der Waals surface area contributed by atoms with Gasteiger partial charge in [0.2, 0.25) is 0 Å². The van der Waals surface area contributed by atoms with E-state index in [4.69, 9.17) is 11.6 Å². The van der Waals surface area contributed by atoms with Gasteiger partial charge in [0, 0.05) is 18.8 Å². The lowest BCUT2D eigenvalue weighted by Gasteiger charge is -2.26. The van der Waals surface area contributed by atoms with Crippen LogP contribution in [-0.2, 0) is 0 Å². The predicted molar refractivity (Wildman–Crippen MR) is 87.6 cm³/mol. The van der Waals surface area contributed by atoms with E-state index in [-0.39, 0.29) is 16.9 Å². The Morgan fingerprint density at radius 2 is 2.23 bits per heavy atom. The summed E-state index contributed by atoms with van der Waals surface area (Å²) in [5.41, 5.74) is 0.981. The van der Waals surface area contributed by atoms with Gasteiger partial charge < -0.3 is 5.32 Å². The second-order valence-electron chi connectivity index (χ2n) is 5.74. The quantitative estimate of drug-likeness (QED) is 0.924. The third-order valence-corrected chi connectivity index (χ3v) is 4.58. The van der Waals surface area contributed by atoms with Gasteiger partial charge in [-0.1, -0.05) is 23.7 Å². The summed E-state index contributed by atoms with van der Waals surface area (Å²) in [5.74, 6) is 0.932. The lowest BCUT2D eigenvalue weighted by Crippen LogP contribution is -2.25. The standard InChI is InChI=1S/C17H19ClFN3/c1-22-9-7-13(11-21-16-4-2-3-8-20-16)17(22)12-5-6-14(18)15(19)10-12/h2-6,8,10,13,17H,7,9,11H2,1H3,(H,20,21). The van der Waals surface area contributed by atoms with Crippen molar-refractivity contribution in [2.75, 3.05) is 25.5 Å². The van der Waals surface area contributed by atoms with E-state index in [0.29, 0.717) is 5.92 Å². The monoisotopic (exact) mass is 319 g/mol. The molecule has 22 heavy (non-hydrogen) atoms. The van der Waals surface area contributed by atoms with E-state index in [9.17, 15) is 4.39 Å². The maximum Gasteiger partial charge on any atom is 0.142 e. The highest BCUT2D eigenvalue weighted by molar-refractivity contribution is 6.30. The molecular weight excluding hydrogens is 301 g/mol. The SMILES string of the molecule is CN1CCC(CNc2ccccn2)C1c1ccc(Cl)c(F)c1. The van der Waals surface area contributed by atoms with Gasteiger partial charge in [0.05, 0.1) is 5.02 Å². The molecule has 1 fully saturated rings. The Morgan fingerprint density at radius 1 is 1.36 bits per heavy atom. The van der Waals surface area contributed by atoms with E-state index in [1.54, 1.807) is 18.3 Å². The van der Waals surface area contributed by atoms with Crippen LogP contribution in [-0.4, -0.2) is 30.0 Å². The normalized spacial score (nSPS) is 22.0. The fourth-order valence-electron chi connectivity index (χ4n) is 3.17. The van der Waals surface area contributed by atoms with Crippen molar-refractivity contribution in [3.05, 3.63) is 59.0 Å². The Kier molecular flexibility index (Phi) is 4.60. The molecule has 1 aliphatic heterocycles. The average Bonchev–Trinajstić information content (AvgIpc) is 2.90. The van der Waals surface area contributed by atoms with Crippen LogP contribution in [0.4, 0.5) is 10.2 Å². The molecule has 1 N–H and O–H groups in total. The van der Waals surface area contributed by atoms with Crippen molar-refractivity contribution < 1.29 is 4.39 Å². The molecule has 2 aromatic rings. The Hall–Kier alpha value is -1.65. The molecule has 1 aromatic heterocycles. The Labute approximate surface area is 135 Å². The molecule has 2 unspecified atom stereocenters. The van der Waals surface area contributed by atoms with Crippen molar-refractivity contribution >= 4 is 17.4 Å². The first-order valence-electron chi connectivity index (χ1n) is 7.45. The minimum absolute atomic E-state index is 0.174. The summed E-state index contributed by atoms with van der Waals surface area (Å²) in [5, 5.41) is 3.55. The molecule has 0 radical (unpaired) electrons. The first-order valence-corrected chi connectivity index (χ1v) is 7.83. The molecule has 1 saturated heterocycles. The summed E-state index contributed by atoms with van der Waals surface area (Å²) in [6.45, 7) is 1.82. The maximum atomic E-state index is 13.8. The van der Waals surface area contributed by atoms with Crippen molar-refractivity contribution in [2.24, 2.45) is 5.92 Å². The van der Waals surface area contributed by atoms with Gasteiger partial charge in [-0.3, -0.25) is 4.90 Å². The summed E-state index contributed by atoms with van der Waals surface area (Å²) >= 11 is 5.79. The van der Waals surface area contributed by atoms with Crippen LogP contribution >= 0.6 is 11.6 Å². The molecule has 116 valence electrons. The molecule has 0 spiro atoms. The molecule has 1 aromatic carbocycles. The third kappa shape index (κ3) is 3.23. The molecule has 0 amide bonds. The number of likely N-dealkylation sites (tertiary alicyclic amines) is 1. The zero-order valence-corrected chi connectivity index (χ0v) is 13.2. The van der Waals surface area contributed by atoms with Gasteiger partial charge in [-0.05, 0) is 55.8 Å². The van der Waals surface area contributed by atoms with Gasteiger partial charge in [-0.15, -0.1) is 0 Å². The van der Waals surface area contributed by atoms with Crippen LogP contribution in [0.1, 0.15) is 18.0 Å². The van der Waals surface area contributed by atoms with Crippen LogP contribution in [0.25, 0.3) is 0 Å². The number of aromatic nitrogens is 1. The van der Waals surface area contributed by atoms with E-state index in [1.165, 1.54) is 0 Å². The molecule has 3 nitrogen and oxygen atoms in total. The van der Waals surface area contributed by atoms with E-state index in [1.807, 2.05) is 24.3 Å². The smallest absolute Gasteiger partial charge is 0.142 e. The van der Waals surface area contributed by atoms with Gasteiger partial charge in [-0.2, -0.15) is 0 Å². The maximum absolute atomic E-state index is 13.8. The lowest BCUT2D eigenvalue weighted by molar-refractivity contribution is 0.281. The van der Waals surface area contributed by atoms with Crippen molar-refractivity contribution in [3.8, 4) is 0 Å². The average molecular weight is 320 g/mol. The second-order valence-corrected chi connectivity index (χ2v) is 6.15. The van der Waals surface area contributed by atoms with Gasteiger partial charge >= 0.3 is 0 Å². The van der Waals surface area contributed by atoms with Crippen LogP contribution in [0.5, 0.6) is 0 Å². The van der Waals surface area contributed by atoms with Crippen molar-refractivity contribution in [1.29, 1.82) is 0 Å². The van der Waals surface area contributed by atoms with Gasteiger partial charge in [0.1, 0.15) is 11.6 Å². The van der Waals surface area contributed by atoms with Gasteiger partial charge in [0.15, 0.2) is 0 Å². The predicted octanol–water partition coefficient (Wildman–Crippen LogP) is 3.98. The first kappa shape index (κ1) is 15.3. The molecule has 0 aliphatic carbocycles. The molecule has 1 aliphatic rings.